The summed E-state index contributed by atoms with van der Waals surface area (Å²) in [4.78, 5) is 28.6. The number of benzene rings is 1. The lowest BCUT2D eigenvalue weighted by Gasteiger charge is -2.35. The first-order valence-electron chi connectivity index (χ1n) is 10.1. The molecule has 7 nitrogen and oxygen atoms in total. The summed E-state index contributed by atoms with van der Waals surface area (Å²) in [7, 11) is 0. The number of thioether (sulfide) groups is 1. The zero-order chi connectivity index (χ0) is 23.3. The number of nitrogens with zero attached hydrogens (tertiary/aromatic N) is 3. The topological polar surface area (TPSA) is 78.7 Å². The number of halogens is 3. The van der Waals surface area contributed by atoms with Gasteiger partial charge in [0.25, 0.3) is 0 Å². The molecule has 1 atom stereocenters. The molecule has 2 amide bonds. The minimum atomic E-state index is -4.34. The molecule has 0 radical (unpaired) electrons. The summed E-state index contributed by atoms with van der Waals surface area (Å²) >= 11 is 1.25. The molecule has 32 heavy (non-hydrogen) atoms. The Labute approximate surface area is 188 Å². The lowest BCUT2D eigenvalue weighted by Crippen LogP contribution is -2.49. The Morgan fingerprint density at radius 1 is 1.19 bits per heavy atom. The van der Waals surface area contributed by atoms with Crippen LogP contribution in [0.2, 0.25) is 0 Å². The van der Waals surface area contributed by atoms with E-state index in [0.29, 0.717) is 44.3 Å². The predicted octanol–water partition coefficient (Wildman–Crippen LogP) is 3.41. The van der Waals surface area contributed by atoms with Gasteiger partial charge >= 0.3 is 6.18 Å². The molecule has 0 saturated carbocycles. The maximum atomic E-state index is 12.7. The Morgan fingerprint density at radius 3 is 2.41 bits per heavy atom. The molecular weight excluding hydrogens is 445 g/mol. The number of anilines is 1. The van der Waals surface area contributed by atoms with E-state index in [1.54, 1.807) is 24.8 Å². The fourth-order valence-corrected chi connectivity index (χ4v) is 4.01. The molecule has 0 unspecified atom stereocenters. The minimum Gasteiger partial charge on any atom is -0.360 e. The first-order chi connectivity index (χ1) is 15.1. The number of alkyl halides is 3. The Morgan fingerprint density at radius 2 is 1.84 bits per heavy atom. The van der Waals surface area contributed by atoms with Gasteiger partial charge in [0, 0.05) is 38.8 Å². The molecule has 174 valence electrons. The summed E-state index contributed by atoms with van der Waals surface area (Å²) in [5.74, 6) is 0.827. The van der Waals surface area contributed by atoms with E-state index in [2.05, 4.69) is 15.4 Å². The number of aromatic nitrogens is 1. The molecule has 0 bridgehead atoms. The molecule has 1 N–H and O–H groups in total. The number of hydrogen-bond donors (Lipinski definition) is 1. The molecule has 1 aliphatic rings. The number of carbonyl (C=O) groups is 2. The van der Waals surface area contributed by atoms with Crippen LogP contribution in [0.25, 0.3) is 0 Å². The lowest BCUT2D eigenvalue weighted by atomic mass is 10.1. The maximum Gasteiger partial charge on any atom is 0.416 e. The van der Waals surface area contributed by atoms with Crippen LogP contribution >= 0.6 is 11.8 Å². The zero-order valence-electron chi connectivity index (χ0n) is 17.8. The van der Waals surface area contributed by atoms with Gasteiger partial charge in [0.2, 0.25) is 11.8 Å². The monoisotopic (exact) mass is 470 g/mol. The van der Waals surface area contributed by atoms with Crippen molar-refractivity contribution in [3.05, 3.63) is 47.2 Å². The van der Waals surface area contributed by atoms with Crippen molar-refractivity contribution < 1.29 is 27.3 Å². The summed E-state index contributed by atoms with van der Waals surface area (Å²) < 4.78 is 42.9. The predicted molar refractivity (Wildman–Crippen MR) is 115 cm³/mol. The standard InChI is InChI=1S/C21H25F3N4O3S/c1-14-11-18(26-31-14)25-20(30)15(2)32-13-19(29)28-9-7-27(8-10-28)12-16-3-5-17(6-4-16)21(22,23)24/h3-6,11,15H,7-10,12-13H2,1-2H3,(H,25,26,30)/t15-/m1/s1. The summed E-state index contributed by atoms with van der Waals surface area (Å²) in [5, 5.41) is 5.93. The van der Waals surface area contributed by atoms with Crippen LogP contribution in [0.4, 0.5) is 19.0 Å². The molecule has 0 aliphatic carbocycles. The van der Waals surface area contributed by atoms with E-state index in [0.717, 1.165) is 17.7 Å². The third kappa shape index (κ3) is 6.73. The zero-order valence-corrected chi connectivity index (χ0v) is 18.6. The van der Waals surface area contributed by atoms with E-state index < -0.39 is 17.0 Å². The third-order valence-electron chi connectivity index (χ3n) is 5.12. The van der Waals surface area contributed by atoms with Gasteiger partial charge in [0.1, 0.15) is 5.76 Å². The van der Waals surface area contributed by atoms with Crippen molar-refractivity contribution in [3.63, 3.8) is 0 Å². The highest BCUT2D eigenvalue weighted by atomic mass is 32.2. The van der Waals surface area contributed by atoms with E-state index in [9.17, 15) is 22.8 Å². The molecule has 1 fully saturated rings. The van der Waals surface area contributed by atoms with Gasteiger partial charge in [-0.2, -0.15) is 13.2 Å². The second-order valence-corrected chi connectivity index (χ2v) is 8.95. The second-order valence-electron chi connectivity index (χ2n) is 7.62. The van der Waals surface area contributed by atoms with Crippen LogP contribution in [0.15, 0.2) is 34.9 Å². The van der Waals surface area contributed by atoms with Crippen LogP contribution in [-0.2, 0) is 22.3 Å². The number of aryl methyl sites for hydroxylation is 1. The molecule has 2 heterocycles. The van der Waals surface area contributed by atoms with E-state index >= 15 is 0 Å². The molecule has 1 aromatic heterocycles. The number of rotatable bonds is 7. The number of carbonyl (C=O) groups excluding carboxylic acids is 2. The number of hydrogen-bond acceptors (Lipinski definition) is 6. The van der Waals surface area contributed by atoms with Crippen molar-refractivity contribution in [2.24, 2.45) is 0 Å². The smallest absolute Gasteiger partial charge is 0.360 e. The van der Waals surface area contributed by atoms with E-state index in [1.807, 2.05) is 0 Å². The molecule has 11 heteroatoms. The third-order valence-corrected chi connectivity index (χ3v) is 6.25. The summed E-state index contributed by atoms with van der Waals surface area (Å²) in [6.45, 7) is 6.34. The highest BCUT2D eigenvalue weighted by Crippen LogP contribution is 2.29. The van der Waals surface area contributed by atoms with E-state index in [-0.39, 0.29) is 17.6 Å². The molecular formula is C21H25F3N4O3S. The number of nitrogens with one attached hydrogen (secondary N) is 1. The number of amides is 2. The first kappa shape index (κ1) is 24.1. The van der Waals surface area contributed by atoms with Gasteiger partial charge in [-0.3, -0.25) is 14.5 Å². The Hall–Kier alpha value is -2.53. The van der Waals surface area contributed by atoms with E-state index in [4.69, 9.17) is 4.52 Å². The van der Waals surface area contributed by atoms with Crippen LogP contribution < -0.4 is 5.32 Å². The quantitative estimate of drug-likeness (QED) is 0.668. The van der Waals surface area contributed by atoms with Gasteiger partial charge < -0.3 is 14.7 Å². The van der Waals surface area contributed by atoms with Gasteiger partial charge in [-0.15, -0.1) is 11.8 Å². The SMILES string of the molecule is Cc1cc(NC(=O)[C@@H](C)SCC(=O)N2CCN(Cc3ccc(C(F)(F)F)cc3)CC2)no1. The molecule has 1 saturated heterocycles. The van der Waals surface area contributed by atoms with Crippen LogP contribution in [0.5, 0.6) is 0 Å². The second kappa shape index (κ2) is 10.4. The van der Waals surface area contributed by atoms with Crippen molar-refractivity contribution in [3.8, 4) is 0 Å². The van der Waals surface area contributed by atoms with Crippen molar-refractivity contribution in [2.45, 2.75) is 31.8 Å². The molecule has 3 rings (SSSR count). The Bertz CT molecular complexity index is 925. The average molecular weight is 471 g/mol. The average Bonchev–Trinajstić information content (AvgIpc) is 3.16. The van der Waals surface area contributed by atoms with Crippen LogP contribution in [0.1, 0.15) is 23.8 Å². The Balaban J connectivity index is 1.39. The van der Waals surface area contributed by atoms with Crippen LogP contribution in [-0.4, -0.2) is 64.0 Å². The summed E-state index contributed by atoms with van der Waals surface area (Å²) in [6.07, 6.45) is -4.34. The largest absolute Gasteiger partial charge is 0.416 e. The van der Waals surface area contributed by atoms with E-state index in [1.165, 1.54) is 23.9 Å². The van der Waals surface area contributed by atoms with Crippen molar-refractivity contribution >= 4 is 29.4 Å². The van der Waals surface area contributed by atoms with Gasteiger partial charge in [0.15, 0.2) is 5.82 Å². The highest BCUT2D eigenvalue weighted by Gasteiger charge is 2.30. The summed E-state index contributed by atoms with van der Waals surface area (Å²) in [5.41, 5.74) is 0.142. The fourth-order valence-electron chi connectivity index (χ4n) is 3.23. The van der Waals surface area contributed by atoms with Gasteiger partial charge in [-0.25, -0.2) is 0 Å². The van der Waals surface area contributed by atoms with Gasteiger partial charge in [-0.05, 0) is 31.5 Å². The minimum absolute atomic E-state index is 0.0406. The summed E-state index contributed by atoms with van der Waals surface area (Å²) in [6, 6.07) is 6.78. The van der Waals surface area contributed by atoms with Crippen molar-refractivity contribution in [1.82, 2.24) is 15.0 Å². The number of piperazine rings is 1. The van der Waals surface area contributed by atoms with Crippen LogP contribution in [0, 0.1) is 6.92 Å². The normalized spacial score (nSPS) is 16.1. The van der Waals surface area contributed by atoms with Gasteiger partial charge in [-0.1, -0.05) is 17.3 Å². The van der Waals surface area contributed by atoms with Crippen LogP contribution in [0.3, 0.4) is 0 Å². The lowest BCUT2D eigenvalue weighted by molar-refractivity contribution is -0.137. The van der Waals surface area contributed by atoms with Gasteiger partial charge in [0.05, 0.1) is 16.6 Å². The maximum absolute atomic E-state index is 12.7. The molecule has 0 spiro atoms. The highest BCUT2D eigenvalue weighted by molar-refractivity contribution is 8.01. The van der Waals surface area contributed by atoms with Crippen molar-refractivity contribution in [2.75, 3.05) is 37.2 Å². The molecule has 1 aromatic carbocycles. The molecule has 1 aliphatic heterocycles. The Kier molecular flexibility index (Phi) is 7.83. The van der Waals surface area contributed by atoms with Crippen molar-refractivity contribution in [1.29, 1.82) is 0 Å². The first-order valence-corrected chi connectivity index (χ1v) is 11.2. The molecule has 2 aromatic rings. The fraction of sp³-hybridized carbons (Fsp3) is 0.476.